The van der Waals surface area contributed by atoms with E-state index < -0.39 is 0 Å². The molecule has 1 aromatic heterocycles. The molecule has 0 aliphatic carbocycles. The van der Waals surface area contributed by atoms with Gasteiger partial charge in [0.25, 0.3) is 5.91 Å². The molecular weight excluding hydrogens is 485 g/mol. The minimum atomic E-state index is -0.166. The molecule has 1 saturated heterocycles. The molecule has 1 radical (unpaired) electrons. The zero-order valence-corrected chi connectivity index (χ0v) is 21.8. The standard InChI is InChI=1S/C24H26ClN4O.Y/c1-16-9-5-6-10-20(16)23-18(3)22(24(30)27-28-13-7-4-8-14-28)26-29(23)21-12-11-19(25)15-17(21)2;/h6,9-12,15H,4,7-8,13-14H2,1-3H3,(H,27,30);/q-1;. The second-order valence-electron chi connectivity index (χ2n) is 7.89. The van der Waals surface area contributed by atoms with Gasteiger partial charge in [-0.25, -0.2) is 9.69 Å². The van der Waals surface area contributed by atoms with E-state index in [-0.39, 0.29) is 38.6 Å². The van der Waals surface area contributed by atoms with Crippen LogP contribution in [0.5, 0.6) is 0 Å². The van der Waals surface area contributed by atoms with Crippen LogP contribution in [-0.2, 0) is 32.7 Å². The number of carbonyl (C=O) groups excluding carboxylic acids is 1. The van der Waals surface area contributed by atoms with Crippen molar-refractivity contribution in [2.75, 3.05) is 13.1 Å². The third kappa shape index (κ3) is 5.11. The summed E-state index contributed by atoms with van der Waals surface area (Å²) < 4.78 is 1.87. The van der Waals surface area contributed by atoms with E-state index in [1.807, 2.05) is 66.9 Å². The van der Waals surface area contributed by atoms with Gasteiger partial charge in [0.2, 0.25) is 0 Å². The normalized spacial score (nSPS) is 14.2. The summed E-state index contributed by atoms with van der Waals surface area (Å²) in [6.45, 7) is 7.77. The summed E-state index contributed by atoms with van der Waals surface area (Å²) >= 11 is 6.18. The average molecular weight is 511 g/mol. The second kappa shape index (κ2) is 10.4. The zero-order valence-electron chi connectivity index (χ0n) is 18.2. The molecule has 1 amide bonds. The summed E-state index contributed by atoms with van der Waals surface area (Å²) in [4.78, 5) is 13.1. The number of hydrogen-bond donors (Lipinski definition) is 1. The number of halogens is 1. The molecule has 0 spiro atoms. The molecule has 159 valence electrons. The van der Waals surface area contributed by atoms with E-state index in [1.165, 1.54) is 6.42 Å². The maximum atomic E-state index is 13.1. The first-order valence-electron chi connectivity index (χ1n) is 10.3. The Morgan fingerprint density at radius 1 is 1.10 bits per heavy atom. The summed E-state index contributed by atoms with van der Waals surface area (Å²) in [7, 11) is 0. The minimum Gasteiger partial charge on any atom is -0.283 e. The number of aryl methyl sites for hydroxylation is 2. The second-order valence-corrected chi connectivity index (χ2v) is 8.33. The van der Waals surface area contributed by atoms with Crippen molar-refractivity contribution in [3.8, 4) is 16.9 Å². The first-order chi connectivity index (χ1) is 14.5. The van der Waals surface area contributed by atoms with Gasteiger partial charge in [-0.1, -0.05) is 24.9 Å². The number of hydrazine groups is 1. The van der Waals surface area contributed by atoms with E-state index in [0.29, 0.717) is 10.7 Å². The van der Waals surface area contributed by atoms with E-state index in [9.17, 15) is 4.79 Å². The SMILES string of the molecule is Cc1c[c-]ccc1-c1c(C)c(C(=O)NN2CCCCC2)nn1-c1ccc(Cl)cc1C.[Y]. The quantitative estimate of drug-likeness (QED) is 0.500. The maximum Gasteiger partial charge on any atom is 0.286 e. The molecule has 0 unspecified atom stereocenters. The number of aromatic nitrogens is 2. The summed E-state index contributed by atoms with van der Waals surface area (Å²) in [5, 5.41) is 7.45. The first-order valence-corrected chi connectivity index (χ1v) is 10.7. The number of carbonyl (C=O) groups is 1. The largest absolute Gasteiger partial charge is 0.286 e. The van der Waals surface area contributed by atoms with Gasteiger partial charge in [0, 0.05) is 56.4 Å². The minimum absolute atomic E-state index is 0. The van der Waals surface area contributed by atoms with Crippen molar-refractivity contribution < 1.29 is 37.5 Å². The predicted octanol–water partition coefficient (Wildman–Crippen LogP) is 5.05. The number of rotatable bonds is 4. The smallest absolute Gasteiger partial charge is 0.283 e. The molecule has 31 heavy (non-hydrogen) atoms. The molecule has 4 rings (SSSR count). The van der Waals surface area contributed by atoms with Gasteiger partial charge >= 0.3 is 0 Å². The third-order valence-electron chi connectivity index (χ3n) is 5.67. The van der Waals surface area contributed by atoms with E-state index in [1.54, 1.807) is 0 Å². The predicted molar refractivity (Wildman–Crippen MR) is 120 cm³/mol. The molecule has 0 atom stereocenters. The summed E-state index contributed by atoms with van der Waals surface area (Å²) in [5.41, 5.74) is 9.27. The third-order valence-corrected chi connectivity index (χ3v) is 5.90. The first kappa shape index (κ1) is 24.1. The number of benzene rings is 2. The van der Waals surface area contributed by atoms with Crippen LogP contribution in [0.15, 0.2) is 36.4 Å². The molecule has 2 aromatic carbocycles. The number of piperidine rings is 1. The van der Waals surface area contributed by atoms with Crippen molar-refractivity contribution in [1.29, 1.82) is 0 Å². The molecule has 0 saturated carbocycles. The molecule has 3 aromatic rings. The fraction of sp³-hybridized carbons (Fsp3) is 0.333. The molecule has 1 aliphatic heterocycles. The van der Waals surface area contributed by atoms with E-state index >= 15 is 0 Å². The van der Waals surface area contributed by atoms with Crippen LogP contribution in [0.2, 0.25) is 5.02 Å². The van der Waals surface area contributed by atoms with Crippen LogP contribution in [0, 0.1) is 26.8 Å². The fourth-order valence-electron chi connectivity index (χ4n) is 4.04. The van der Waals surface area contributed by atoms with Gasteiger partial charge in [0.05, 0.1) is 11.4 Å². The molecule has 0 bridgehead atoms. The molecule has 2 heterocycles. The van der Waals surface area contributed by atoms with E-state index in [4.69, 9.17) is 16.7 Å². The van der Waals surface area contributed by atoms with Crippen LogP contribution in [0.1, 0.15) is 46.4 Å². The van der Waals surface area contributed by atoms with Gasteiger partial charge in [-0.2, -0.15) is 29.4 Å². The Labute approximate surface area is 214 Å². The molecule has 5 nitrogen and oxygen atoms in total. The summed E-state index contributed by atoms with van der Waals surface area (Å²) in [5.74, 6) is -0.166. The fourth-order valence-corrected chi connectivity index (χ4v) is 4.27. The van der Waals surface area contributed by atoms with Crippen molar-refractivity contribution in [2.24, 2.45) is 0 Å². The van der Waals surface area contributed by atoms with Crippen molar-refractivity contribution >= 4 is 17.5 Å². The van der Waals surface area contributed by atoms with Crippen LogP contribution in [0.3, 0.4) is 0 Å². The van der Waals surface area contributed by atoms with Crippen molar-refractivity contribution in [3.63, 3.8) is 0 Å². The van der Waals surface area contributed by atoms with Crippen LogP contribution in [-0.4, -0.2) is 33.8 Å². The maximum absolute atomic E-state index is 13.1. The van der Waals surface area contributed by atoms with Gasteiger partial charge < -0.3 is 0 Å². The summed E-state index contributed by atoms with van der Waals surface area (Å²) in [6.07, 6.45) is 3.41. The molecule has 7 heteroatoms. The van der Waals surface area contributed by atoms with Crippen LogP contribution >= 0.6 is 11.6 Å². The Hall–Kier alpha value is -1.53. The van der Waals surface area contributed by atoms with Crippen LogP contribution < -0.4 is 5.43 Å². The zero-order chi connectivity index (χ0) is 21.3. The van der Waals surface area contributed by atoms with E-state index in [0.717, 1.165) is 59.6 Å². The number of nitrogens with one attached hydrogen (secondary N) is 1. The Kier molecular flexibility index (Phi) is 8.09. The van der Waals surface area contributed by atoms with Crippen LogP contribution in [0.25, 0.3) is 16.9 Å². The number of hydrogen-bond acceptors (Lipinski definition) is 3. The van der Waals surface area contributed by atoms with Crippen molar-refractivity contribution in [1.82, 2.24) is 20.2 Å². The van der Waals surface area contributed by atoms with Gasteiger partial charge in [-0.05, 0) is 50.5 Å². The van der Waals surface area contributed by atoms with Gasteiger partial charge in [-0.3, -0.25) is 10.2 Å². The Morgan fingerprint density at radius 2 is 1.84 bits per heavy atom. The molecule has 1 aliphatic rings. The Balaban J connectivity index is 0.00000272. The van der Waals surface area contributed by atoms with Crippen LogP contribution in [0.4, 0.5) is 0 Å². The van der Waals surface area contributed by atoms with Crippen molar-refractivity contribution in [3.05, 3.63) is 69.9 Å². The monoisotopic (exact) mass is 510 g/mol. The van der Waals surface area contributed by atoms with Gasteiger partial charge in [0.1, 0.15) is 0 Å². The topological polar surface area (TPSA) is 50.2 Å². The van der Waals surface area contributed by atoms with E-state index in [2.05, 4.69) is 11.5 Å². The number of amides is 1. The number of nitrogens with zero attached hydrogens (tertiary/aromatic N) is 3. The average Bonchev–Trinajstić information content (AvgIpc) is 3.06. The molecule has 1 fully saturated rings. The van der Waals surface area contributed by atoms with Gasteiger partial charge in [-0.15, -0.1) is 11.1 Å². The molecular formula is C24H26ClN4OY-. The molecule has 1 N–H and O–H groups in total. The Morgan fingerprint density at radius 3 is 2.52 bits per heavy atom. The van der Waals surface area contributed by atoms with Gasteiger partial charge in [0.15, 0.2) is 5.69 Å². The van der Waals surface area contributed by atoms with Crippen molar-refractivity contribution in [2.45, 2.75) is 40.0 Å². The Bertz CT molecular complexity index is 1090. The summed E-state index contributed by atoms with van der Waals surface area (Å²) in [6, 6.07) is 14.7.